The Bertz CT molecular complexity index is 772. The highest BCUT2D eigenvalue weighted by Crippen LogP contribution is 2.22. The summed E-state index contributed by atoms with van der Waals surface area (Å²) in [6.45, 7) is 3.46. The number of nitrogens with one attached hydrogen (secondary N) is 2. The van der Waals surface area contributed by atoms with E-state index in [0.29, 0.717) is 10.8 Å². The zero-order chi connectivity index (χ0) is 17.1. The monoisotopic (exact) mass is 373 g/mol. The van der Waals surface area contributed by atoms with Gasteiger partial charge in [0.2, 0.25) is 5.91 Å². The molecular weight excluding hydrogens is 358 g/mol. The number of thiazole rings is 1. The molecule has 0 aliphatic rings. The van der Waals surface area contributed by atoms with Crippen LogP contribution in [0.5, 0.6) is 0 Å². The predicted octanol–water partition coefficient (Wildman–Crippen LogP) is 3.15. The van der Waals surface area contributed by atoms with Crippen molar-refractivity contribution in [2.75, 3.05) is 15.9 Å². The highest BCUT2D eigenvalue weighted by Gasteiger charge is 2.26. The van der Waals surface area contributed by atoms with Crippen LogP contribution >= 0.6 is 22.9 Å². The lowest BCUT2D eigenvalue weighted by molar-refractivity contribution is -0.122. The van der Waals surface area contributed by atoms with Gasteiger partial charge < -0.3 is 5.32 Å². The Morgan fingerprint density at radius 1 is 1.30 bits per heavy atom. The number of amides is 1. The Morgan fingerprint density at radius 2 is 1.96 bits per heavy atom. The quantitative estimate of drug-likeness (QED) is 0.761. The average molecular weight is 374 g/mol. The van der Waals surface area contributed by atoms with Gasteiger partial charge in [0.15, 0.2) is 5.13 Å². The van der Waals surface area contributed by atoms with Crippen LogP contribution in [0.3, 0.4) is 0 Å². The summed E-state index contributed by atoms with van der Waals surface area (Å²) in [6, 6.07) is 5.88. The van der Waals surface area contributed by atoms with Gasteiger partial charge in [-0.25, -0.2) is 13.4 Å². The lowest BCUT2D eigenvalue weighted by Crippen LogP contribution is -2.32. The number of benzene rings is 1. The second-order valence-electron chi connectivity index (χ2n) is 5.44. The minimum Gasteiger partial charge on any atom is -0.326 e. The van der Waals surface area contributed by atoms with Crippen molar-refractivity contribution in [2.45, 2.75) is 18.7 Å². The SMILES string of the molecule is CC(C)(CCl)C(=O)Nc1ccc(S(=O)(=O)Nc2nccs2)cc1. The van der Waals surface area contributed by atoms with Gasteiger partial charge in [-0.1, -0.05) is 0 Å². The minimum atomic E-state index is -3.70. The molecule has 9 heteroatoms. The van der Waals surface area contributed by atoms with E-state index in [0.717, 1.165) is 0 Å². The molecule has 0 fully saturated rings. The number of alkyl halides is 1. The van der Waals surface area contributed by atoms with Gasteiger partial charge in [-0.05, 0) is 38.1 Å². The summed E-state index contributed by atoms with van der Waals surface area (Å²) < 4.78 is 26.8. The van der Waals surface area contributed by atoms with Gasteiger partial charge in [0.1, 0.15) is 0 Å². The van der Waals surface area contributed by atoms with E-state index < -0.39 is 15.4 Å². The van der Waals surface area contributed by atoms with Crippen LogP contribution in [0.1, 0.15) is 13.8 Å². The molecule has 6 nitrogen and oxygen atoms in total. The molecule has 0 bridgehead atoms. The third kappa shape index (κ3) is 4.43. The van der Waals surface area contributed by atoms with Crippen LogP contribution in [0, 0.1) is 5.41 Å². The molecule has 0 unspecified atom stereocenters. The molecule has 1 aromatic carbocycles. The Morgan fingerprint density at radius 3 is 2.48 bits per heavy atom. The van der Waals surface area contributed by atoms with Crippen LogP contribution in [-0.2, 0) is 14.8 Å². The molecule has 1 amide bonds. The molecule has 2 aromatic rings. The normalized spacial score (nSPS) is 12.0. The molecule has 124 valence electrons. The van der Waals surface area contributed by atoms with Crippen molar-refractivity contribution >= 4 is 49.7 Å². The fraction of sp³-hybridized carbons (Fsp3) is 0.286. The molecular formula is C14H16ClN3O3S2. The summed E-state index contributed by atoms with van der Waals surface area (Å²) in [5, 5.41) is 4.68. The average Bonchev–Trinajstić information content (AvgIpc) is 3.00. The van der Waals surface area contributed by atoms with Crippen LogP contribution in [0.4, 0.5) is 10.8 Å². The Labute approximate surface area is 143 Å². The fourth-order valence-corrected chi connectivity index (χ4v) is 3.44. The van der Waals surface area contributed by atoms with E-state index in [1.54, 1.807) is 19.2 Å². The number of carbonyl (C=O) groups excluding carboxylic acids is 1. The number of rotatable bonds is 6. The molecule has 0 saturated heterocycles. The van der Waals surface area contributed by atoms with Crippen molar-refractivity contribution in [1.82, 2.24) is 4.98 Å². The van der Waals surface area contributed by atoms with E-state index in [-0.39, 0.29) is 16.7 Å². The molecule has 0 aliphatic heterocycles. The summed E-state index contributed by atoms with van der Waals surface area (Å²) in [4.78, 5) is 16.0. The molecule has 0 aliphatic carbocycles. The number of carbonyl (C=O) groups is 1. The number of aromatic nitrogens is 1. The van der Waals surface area contributed by atoms with E-state index in [4.69, 9.17) is 11.6 Å². The number of hydrogen-bond acceptors (Lipinski definition) is 5. The van der Waals surface area contributed by atoms with E-state index >= 15 is 0 Å². The maximum Gasteiger partial charge on any atom is 0.263 e. The van der Waals surface area contributed by atoms with Crippen molar-refractivity contribution in [2.24, 2.45) is 5.41 Å². The number of hydrogen-bond donors (Lipinski definition) is 2. The summed E-state index contributed by atoms with van der Waals surface area (Å²) in [5.41, 5.74) is -0.208. The number of halogens is 1. The zero-order valence-electron chi connectivity index (χ0n) is 12.5. The molecule has 0 atom stereocenters. The third-order valence-corrected chi connectivity index (χ3v) is 5.87. The van der Waals surface area contributed by atoms with Crippen LogP contribution in [0.2, 0.25) is 0 Å². The van der Waals surface area contributed by atoms with Gasteiger partial charge in [-0.2, -0.15) is 0 Å². The Kier molecular flexibility index (Phi) is 5.28. The van der Waals surface area contributed by atoms with E-state index in [1.165, 1.54) is 41.8 Å². The number of sulfonamides is 1. The predicted molar refractivity (Wildman–Crippen MR) is 92.5 cm³/mol. The number of nitrogens with zero attached hydrogens (tertiary/aromatic N) is 1. The summed E-state index contributed by atoms with van der Waals surface area (Å²) in [5.74, 6) is -0.0488. The molecule has 2 N–H and O–H groups in total. The lowest BCUT2D eigenvalue weighted by atomic mass is 9.95. The summed E-state index contributed by atoms with van der Waals surface area (Å²) in [7, 11) is -3.70. The third-order valence-electron chi connectivity index (χ3n) is 3.03. The largest absolute Gasteiger partial charge is 0.326 e. The van der Waals surface area contributed by atoms with Crippen LogP contribution < -0.4 is 10.0 Å². The topological polar surface area (TPSA) is 88.2 Å². The van der Waals surface area contributed by atoms with Crippen LogP contribution in [-0.4, -0.2) is 25.2 Å². The second kappa shape index (κ2) is 6.86. The first kappa shape index (κ1) is 17.7. The second-order valence-corrected chi connectivity index (χ2v) is 8.28. The first-order valence-electron chi connectivity index (χ1n) is 6.64. The minimum absolute atomic E-state index is 0.0855. The lowest BCUT2D eigenvalue weighted by Gasteiger charge is -2.20. The highest BCUT2D eigenvalue weighted by molar-refractivity contribution is 7.93. The Hall–Kier alpha value is -1.64. The molecule has 1 aromatic heterocycles. The van der Waals surface area contributed by atoms with E-state index in [1.807, 2.05) is 0 Å². The van der Waals surface area contributed by atoms with Crippen molar-refractivity contribution in [3.8, 4) is 0 Å². The van der Waals surface area contributed by atoms with Crippen molar-refractivity contribution in [1.29, 1.82) is 0 Å². The van der Waals surface area contributed by atoms with Gasteiger partial charge in [0.05, 0.1) is 10.3 Å². The number of anilines is 2. The maximum absolute atomic E-state index is 12.2. The van der Waals surface area contributed by atoms with Crippen molar-refractivity contribution < 1.29 is 13.2 Å². The van der Waals surface area contributed by atoms with Crippen LogP contribution in [0.15, 0.2) is 40.7 Å². The van der Waals surface area contributed by atoms with Gasteiger partial charge in [0, 0.05) is 23.1 Å². The first-order chi connectivity index (χ1) is 10.7. The Balaban J connectivity index is 2.12. The van der Waals surface area contributed by atoms with Gasteiger partial charge >= 0.3 is 0 Å². The molecule has 1 heterocycles. The van der Waals surface area contributed by atoms with Gasteiger partial charge in [-0.15, -0.1) is 22.9 Å². The standard InChI is InChI=1S/C14H16ClN3O3S2/c1-14(2,9-15)12(19)17-10-3-5-11(6-4-10)23(20,21)18-13-16-7-8-22-13/h3-8H,9H2,1-2H3,(H,16,18)(H,17,19). The first-order valence-corrected chi connectivity index (χ1v) is 9.54. The molecule has 23 heavy (non-hydrogen) atoms. The summed E-state index contributed by atoms with van der Waals surface area (Å²) >= 11 is 6.94. The van der Waals surface area contributed by atoms with Crippen molar-refractivity contribution in [3.05, 3.63) is 35.8 Å². The zero-order valence-corrected chi connectivity index (χ0v) is 14.9. The van der Waals surface area contributed by atoms with Gasteiger partial charge in [0.25, 0.3) is 10.0 Å². The molecule has 0 saturated carbocycles. The molecule has 0 radical (unpaired) electrons. The maximum atomic E-state index is 12.2. The summed E-state index contributed by atoms with van der Waals surface area (Å²) in [6.07, 6.45) is 1.51. The highest BCUT2D eigenvalue weighted by atomic mass is 35.5. The molecule has 0 spiro atoms. The van der Waals surface area contributed by atoms with Crippen LogP contribution in [0.25, 0.3) is 0 Å². The van der Waals surface area contributed by atoms with E-state index in [9.17, 15) is 13.2 Å². The fourth-order valence-electron chi connectivity index (χ4n) is 1.53. The van der Waals surface area contributed by atoms with E-state index in [2.05, 4.69) is 15.0 Å². The smallest absolute Gasteiger partial charge is 0.263 e. The molecule has 2 rings (SSSR count). The van der Waals surface area contributed by atoms with Crippen molar-refractivity contribution in [3.63, 3.8) is 0 Å². The van der Waals surface area contributed by atoms with Gasteiger partial charge in [-0.3, -0.25) is 9.52 Å².